The number of nitrogens with zero attached hydrogens (tertiary/aromatic N) is 1. The van der Waals surface area contributed by atoms with Gasteiger partial charge in [-0.15, -0.1) is 0 Å². The number of urea groups is 1. The smallest absolute Gasteiger partial charge is 0.320 e. The summed E-state index contributed by atoms with van der Waals surface area (Å²) in [6.45, 7) is 0. The molecule has 1 aromatic heterocycles. The maximum absolute atomic E-state index is 10.9. The minimum atomic E-state index is -0.282. The largest absolute Gasteiger partial charge is 0.359 e. The van der Waals surface area contributed by atoms with Gasteiger partial charge in [0.2, 0.25) is 0 Å². The molecule has 2 N–H and O–H groups in total. The summed E-state index contributed by atoms with van der Waals surface area (Å²) in [5.74, 6) is 1.86. The topological polar surface area (TPSA) is 67.2 Å². The molecule has 0 atom stereocenters. The Morgan fingerprint density at radius 1 is 1.69 bits per heavy atom. The zero-order chi connectivity index (χ0) is 9.26. The van der Waals surface area contributed by atoms with Gasteiger partial charge in [0.05, 0.1) is 0 Å². The first-order valence-electron chi connectivity index (χ1n) is 4.25. The summed E-state index contributed by atoms with van der Waals surface area (Å²) < 4.78 is 5.04. The van der Waals surface area contributed by atoms with Gasteiger partial charge in [0.1, 0.15) is 5.76 Å². The predicted octanol–water partition coefficient (Wildman–Crippen LogP) is 1.30. The Hall–Kier alpha value is -1.52. The van der Waals surface area contributed by atoms with E-state index in [0.717, 1.165) is 18.6 Å². The van der Waals surface area contributed by atoms with Crippen LogP contribution in [0.1, 0.15) is 24.5 Å². The van der Waals surface area contributed by atoms with Gasteiger partial charge in [-0.1, -0.05) is 5.16 Å². The molecular formula is C8H11N3O2. The molecule has 0 aliphatic heterocycles. The molecular weight excluding hydrogens is 170 g/mol. The summed E-state index contributed by atoms with van der Waals surface area (Å²) in [7, 11) is 1.55. The SMILES string of the molecule is CNC(=O)Nc1cc(C2CC2)on1. The third-order valence-electron chi connectivity index (χ3n) is 1.98. The monoisotopic (exact) mass is 181 g/mol. The molecule has 0 saturated heterocycles. The average molecular weight is 181 g/mol. The van der Waals surface area contributed by atoms with Crippen LogP contribution in [-0.4, -0.2) is 18.2 Å². The van der Waals surface area contributed by atoms with E-state index >= 15 is 0 Å². The molecule has 70 valence electrons. The number of hydrogen-bond acceptors (Lipinski definition) is 3. The fourth-order valence-corrected chi connectivity index (χ4v) is 1.09. The van der Waals surface area contributed by atoms with Crippen molar-refractivity contribution in [2.24, 2.45) is 0 Å². The third-order valence-corrected chi connectivity index (χ3v) is 1.98. The molecule has 1 fully saturated rings. The lowest BCUT2D eigenvalue weighted by molar-refractivity contribution is 0.253. The van der Waals surface area contributed by atoms with Crippen LogP contribution >= 0.6 is 0 Å². The molecule has 1 aliphatic rings. The van der Waals surface area contributed by atoms with Gasteiger partial charge in [-0.2, -0.15) is 0 Å². The molecule has 0 bridgehead atoms. The number of anilines is 1. The number of carbonyl (C=O) groups is 1. The van der Waals surface area contributed by atoms with E-state index in [0.29, 0.717) is 11.7 Å². The van der Waals surface area contributed by atoms with Gasteiger partial charge in [0, 0.05) is 19.0 Å². The van der Waals surface area contributed by atoms with Crippen LogP contribution in [0.15, 0.2) is 10.6 Å². The summed E-state index contributed by atoms with van der Waals surface area (Å²) in [5, 5.41) is 8.69. The Balaban J connectivity index is 2.00. The molecule has 5 nitrogen and oxygen atoms in total. The molecule has 5 heteroatoms. The van der Waals surface area contributed by atoms with Gasteiger partial charge in [0.15, 0.2) is 5.82 Å². The van der Waals surface area contributed by atoms with Crippen molar-refractivity contribution in [2.45, 2.75) is 18.8 Å². The zero-order valence-corrected chi connectivity index (χ0v) is 7.33. The van der Waals surface area contributed by atoms with Gasteiger partial charge in [-0.25, -0.2) is 4.79 Å². The highest BCUT2D eigenvalue weighted by atomic mass is 16.5. The van der Waals surface area contributed by atoms with E-state index in [4.69, 9.17) is 4.52 Å². The van der Waals surface area contributed by atoms with Crippen LogP contribution in [0.2, 0.25) is 0 Å². The maximum atomic E-state index is 10.9. The highest BCUT2D eigenvalue weighted by Gasteiger charge is 2.27. The Labute approximate surface area is 75.5 Å². The van der Waals surface area contributed by atoms with Crippen LogP contribution in [0.3, 0.4) is 0 Å². The predicted molar refractivity (Wildman–Crippen MR) is 46.6 cm³/mol. The highest BCUT2D eigenvalue weighted by Crippen LogP contribution is 2.40. The second kappa shape index (κ2) is 3.08. The van der Waals surface area contributed by atoms with E-state index in [1.54, 1.807) is 13.1 Å². The lowest BCUT2D eigenvalue weighted by Gasteiger charge is -1.96. The fraction of sp³-hybridized carbons (Fsp3) is 0.500. The summed E-state index contributed by atoms with van der Waals surface area (Å²) in [6.07, 6.45) is 2.32. The van der Waals surface area contributed by atoms with Crippen LogP contribution in [0.4, 0.5) is 10.6 Å². The van der Waals surface area contributed by atoms with Gasteiger partial charge in [-0.05, 0) is 12.8 Å². The van der Waals surface area contributed by atoms with Crippen molar-refractivity contribution < 1.29 is 9.32 Å². The summed E-state index contributed by atoms with van der Waals surface area (Å²) in [4.78, 5) is 10.9. The number of amides is 2. The van der Waals surface area contributed by atoms with Gasteiger partial charge in [-0.3, -0.25) is 5.32 Å². The Morgan fingerprint density at radius 2 is 2.46 bits per heavy atom. The standard InChI is InChI=1S/C8H11N3O2/c1-9-8(12)10-7-4-6(13-11-7)5-2-3-5/h4-5H,2-3H2,1H3,(H2,9,10,11,12). The fourth-order valence-electron chi connectivity index (χ4n) is 1.09. The van der Waals surface area contributed by atoms with Crippen LogP contribution in [-0.2, 0) is 0 Å². The molecule has 1 heterocycles. The van der Waals surface area contributed by atoms with E-state index in [-0.39, 0.29) is 6.03 Å². The lowest BCUT2D eigenvalue weighted by atomic mass is 10.3. The van der Waals surface area contributed by atoms with Gasteiger partial charge >= 0.3 is 6.03 Å². The number of rotatable bonds is 2. The van der Waals surface area contributed by atoms with Crippen molar-refractivity contribution >= 4 is 11.8 Å². The van der Waals surface area contributed by atoms with E-state index in [2.05, 4.69) is 15.8 Å². The minimum absolute atomic E-state index is 0.282. The van der Waals surface area contributed by atoms with Crippen LogP contribution < -0.4 is 10.6 Å². The van der Waals surface area contributed by atoms with Crippen LogP contribution in [0.25, 0.3) is 0 Å². The van der Waals surface area contributed by atoms with Crippen LogP contribution in [0.5, 0.6) is 0 Å². The molecule has 0 radical (unpaired) electrons. The van der Waals surface area contributed by atoms with Crippen molar-refractivity contribution in [1.82, 2.24) is 10.5 Å². The Kier molecular flexibility index (Phi) is 1.92. The van der Waals surface area contributed by atoms with E-state index in [1.165, 1.54) is 0 Å². The molecule has 2 rings (SSSR count). The number of carbonyl (C=O) groups excluding carboxylic acids is 1. The third kappa shape index (κ3) is 1.80. The van der Waals surface area contributed by atoms with E-state index in [9.17, 15) is 4.79 Å². The Bertz CT molecular complexity index is 317. The average Bonchev–Trinajstić information content (AvgIpc) is 2.88. The molecule has 0 unspecified atom stereocenters. The van der Waals surface area contributed by atoms with Gasteiger partial charge < -0.3 is 9.84 Å². The second-order valence-electron chi connectivity index (χ2n) is 3.09. The number of nitrogens with one attached hydrogen (secondary N) is 2. The molecule has 0 spiro atoms. The van der Waals surface area contributed by atoms with Crippen molar-refractivity contribution in [2.75, 3.05) is 12.4 Å². The van der Waals surface area contributed by atoms with E-state index < -0.39 is 0 Å². The lowest BCUT2D eigenvalue weighted by Crippen LogP contribution is -2.24. The molecule has 13 heavy (non-hydrogen) atoms. The van der Waals surface area contributed by atoms with Crippen molar-refractivity contribution in [3.63, 3.8) is 0 Å². The second-order valence-corrected chi connectivity index (χ2v) is 3.09. The minimum Gasteiger partial charge on any atom is -0.359 e. The molecule has 2 amide bonds. The molecule has 1 aliphatic carbocycles. The summed E-state index contributed by atoms with van der Waals surface area (Å²) in [6, 6.07) is 1.49. The van der Waals surface area contributed by atoms with E-state index in [1.807, 2.05) is 0 Å². The quantitative estimate of drug-likeness (QED) is 0.722. The summed E-state index contributed by atoms with van der Waals surface area (Å²) in [5.41, 5.74) is 0. The summed E-state index contributed by atoms with van der Waals surface area (Å²) >= 11 is 0. The normalized spacial score (nSPS) is 15.5. The number of aromatic nitrogens is 1. The highest BCUT2D eigenvalue weighted by molar-refractivity contribution is 5.87. The first kappa shape index (κ1) is 8.10. The first-order chi connectivity index (χ1) is 6.29. The van der Waals surface area contributed by atoms with Crippen molar-refractivity contribution in [3.05, 3.63) is 11.8 Å². The van der Waals surface area contributed by atoms with Gasteiger partial charge in [0.25, 0.3) is 0 Å². The first-order valence-corrected chi connectivity index (χ1v) is 4.25. The Morgan fingerprint density at radius 3 is 3.08 bits per heavy atom. The number of hydrogen-bond donors (Lipinski definition) is 2. The zero-order valence-electron chi connectivity index (χ0n) is 7.33. The van der Waals surface area contributed by atoms with Crippen LogP contribution in [0, 0.1) is 0 Å². The van der Waals surface area contributed by atoms with Crippen molar-refractivity contribution in [3.8, 4) is 0 Å². The van der Waals surface area contributed by atoms with Crippen molar-refractivity contribution in [1.29, 1.82) is 0 Å². The molecule has 1 saturated carbocycles. The molecule has 1 aromatic rings. The molecule has 0 aromatic carbocycles. The maximum Gasteiger partial charge on any atom is 0.320 e.